The average Bonchev–Trinajstić information content (AvgIpc) is 0.758. The first kappa shape index (κ1) is 85.6. The van der Waals surface area contributed by atoms with Crippen LogP contribution in [0.5, 0.6) is 0 Å². The van der Waals surface area contributed by atoms with Gasteiger partial charge in [-0.2, -0.15) is 0 Å². The van der Waals surface area contributed by atoms with Crippen LogP contribution in [-0.2, 0) is 0 Å². The van der Waals surface area contributed by atoms with Gasteiger partial charge in [0.15, 0.2) is 0 Å². The van der Waals surface area contributed by atoms with Crippen molar-refractivity contribution in [2.45, 2.75) is 222 Å². The van der Waals surface area contributed by atoms with Gasteiger partial charge in [0.25, 0.3) is 0 Å². The molecule has 16 aromatic carbocycles. The van der Waals surface area contributed by atoms with Crippen molar-refractivity contribution in [2.24, 2.45) is 0 Å². The van der Waals surface area contributed by atoms with Crippen LogP contribution in [0.3, 0.4) is 0 Å². The summed E-state index contributed by atoms with van der Waals surface area (Å²) in [5.74, 6) is 0. The minimum absolute atomic E-state index is 1.33. The molecular weight excluding hydrogens is 1350 g/mol. The maximum absolute atomic E-state index is 2.29. The molecule has 0 bridgehead atoms. The van der Waals surface area contributed by atoms with Gasteiger partial charge in [-0.3, -0.25) is 0 Å². The third-order valence-corrected chi connectivity index (χ3v) is 24.6. The largest absolute Gasteiger partial charge is 0.0616 e. The van der Waals surface area contributed by atoms with Gasteiger partial charge in [0.2, 0.25) is 0 Å². The summed E-state index contributed by atoms with van der Waals surface area (Å²) in [7, 11) is 0. The molecule has 0 saturated heterocycles. The first-order chi connectivity index (χ1) is 52.8. The lowest BCUT2D eigenvalue weighted by Gasteiger charge is -2.17. The molecule has 0 saturated carbocycles. The molecule has 0 heteroatoms. The van der Waals surface area contributed by atoms with Gasteiger partial charge >= 0.3 is 0 Å². The van der Waals surface area contributed by atoms with Crippen molar-refractivity contribution in [3.05, 3.63) is 372 Å². The normalized spacial score (nSPS) is 10.9. The van der Waals surface area contributed by atoms with Gasteiger partial charge in [-0.1, -0.05) is 216 Å². The van der Waals surface area contributed by atoms with Crippen molar-refractivity contribution in [3.8, 4) is 0 Å². The van der Waals surface area contributed by atoms with Crippen LogP contribution < -0.4 is 0 Å². The van der Waals surface area contributed by atoms with Crippen LogP contribution >= 0.6 is 0 Å². The van der Waals surface area contributed by atoms with E-state index >= 15 is 0 Å². The Morgan fingerprint density at radius 2 is 0.420 bits per heavy atom. The van der Waals surface area contributed by atoms with E-state index in [0.29, 0.717) is 0 Å². The minimum atomic E-state index is 1.33. The molecule has 0 aliphatic rings. The minimum Gasteiger partial charge on any atom is -0.0616 e. The van der Waals surface area contributed by atoms with E-state index in [4.69, 9.17) is 0 Å². The summed E-state index contributed by atoms with van der Waals surface area (Å²) in [6.45, 7) is 70.1. The lowest BCUT2D eigenvalue weighted by Crippen LogP contribution is -1.97. The molecule has 0 aliphatic heterocycles. The molecule has 16 aromatic rings. The molecule has 0 heterocycles. The molecule has 16 rings (SSSR count). The third-order valence-electron chi connectivity index (χ3n) is 24.6. The maximum Gasteiger partial charge on any atom is -0.0117 e. The quantitative estimate of drug-likeness (QED) is 0.142. The van der Waals surface area contributed by atoms with Gasteiger partial charge in [-0.25, -0.2) is 0 Å². The second kappa shape index (κ2) is 36.4. The number of hydrogen-bond acceptors (Lipinski definition) is 0. The zero-order chi connectivity index (χ0) is 82.3. The van der Waals surface area contributed by atoms with Crippen LogP contribution in [0.1, 0.15) is 178 Å². The molecule has 0 unspecified atom stereocenters. The topological polar surface area (TPSA) is 0 Å². The summed E-state index contributed by atoms with van der Waals surface area (Å²) in [6.07, 6.45) is 0. The highest BCUT2D eigenvalue weighted by molar-refractivity contribution is 5.97. The first-order valence-electron chi connectivity index (χ1n) is 40.5. The van der Waals surface area contributed by atoms with Gasteiger partial charge in [-0.15, -0.1) is 0 Å². The fourth-order valence-electron chi connectivity index (χ4n) is 16.7. The Labute approximate surface area is 675 Å². The number of rotatable bonds is 0. The van der Waals surface area contributed by atoms with E-state index in [-0.39, 0.29) is 0 Å². The zero-order valence-corrected chi connectivity index (χ0v) is 74.5. The molecule has 0 N–H and O–H groups in total. The SMILES string of the molecule is Cc1c(C)c(C)c2c(C)ccc(C)c2c1C.Cc1c(C)c(C)c2ccccc2c1C.Cc1cc(C)c2cc(C)c(C)cc2c1.Cc1cc(C)c2ccc(C)c(C)c2c1.Cc1cc2cc(C)c(C)cc2cc1C.Cc1ccc(C)c2c(C)ccc(C)c12.Cc1ccc(C)c2c(C)cccc12.Cc1ccc2c(C)cc(C)cc2c1. The van der Waals surface area contributed by atoms with Crippen molar-refractivity contribution >= 4 is 86.2 Å². The predicted octanol–water partition coefficient (Wildman–Crippen LogP) is 32.6. The molecule has 576 valence electrons. The molecule has 0 nitrogen and oxygen atoms in total. The van der Waals surface area contributed by atoms with Gasteiger partial charge < -0.3 is 0 Å². The third kappa shape index (κ3) is 19.2. The van der Waals surface area contributed by atoms with Crippen LogP contribution in [0, 0.1) is 222 Å². The van der Waals surface area contributed by atoms with Crippen LogP contribution in [0.15, 0.2) is 194 Å². The van der Waals surface area contributed by atoms with Gasteiger partial charge in [0.1, 0.15) is 0 Å². The molecule has 0 aliphatic carbocycles. The maximum atomic E-state index is 2.29. The molecule has 0 aromatic heterocycles. The lowest BCUT2D eigenvalue weighted by molar-refractivity contribution is 1.24. The highest BCUT2D eigenvalue weighted by Gasteiger charge is 2.14. The Morgan fingerprint density at radius 3 is 0.848 bits per heavy atom. The molecule has 0 radical (unpaired) electrons. The highest BCUT2D eigenvalue weighted by Crippen LogP contribution is 2.36. The van der Waals surface area contributed by atoms with E-state index in [1.165, 1.54) is 264 Å². The van der Waals surface area contributed by atoms with Crippen LogP contribution in [0.4, 0.5) is 0 Å². The molecular formula is C112H128. The Morgan fingerprint density at radius 1 is 0.116 bits per heavy atom. The Kier molecular flexibility index (Phi) is 27.8. The van der Waals surface area contributed by atoms with E-state index in [0.717, 1.165) is 0 Å². The lowest BCUT2D eigenvalue weighted by atomic mass is 9.87. The van der Waals surface area contributed by atoms with E-state index < -0.39 is 0 Å². The van der Waals surface area contributed by atoms with Crippen molar-refractivity contribution < 1.29 is 0 Å². The van der Waals surface area contributed by atoms with Crippen molar-refractivity contribution in [1.29, 1.82) is 0 Å². The van der Waals surface area contributed by atoms with Crippen LogP contribution in [0.2, 0.25) is 0 Å². The molecule has 0 amide bonds. The Bertz CT molecular complexity index is 5930. The second-order valence-corrected chi connectivity index (χ2v) is 33.3. The number of aryl methyl sites for hydroxylation is 28. The fourth-order valence-corrected chi connectivity index (χ4v) is 16.7. The average molecular weight is 1470 g/mol. The summed E-state index contributed by atoms with van der Waals surface area (Å²) < 4.78 is 0. The monoisotopic (exact) mass is 1470 g/mol. The van der Waals surface area contributed by atoms with E-state index in [1.807, 2.05) is 0 Å². The van der Waals surface area contributed by atoms with E-state index in [2.05, 4.69) is 416 Å². The number of benzene rings is 16. The second-order valence-electron chi connectivity index (χ2n) is 33.3. The van der Waals surface area contributed by atoms with Crippen molar-refractivity contribution in [3.63, 3.8) is 0 Å². The van der Waals surface area contributed by atoms with Gasteiger partial charge in [0.05, 0.1) is 0 Å². The summed E-state index contributed by atoms with van der Waals surface area (Å²) in [4.78, 5) is 0. The summed E-state index contributed by atoms with van der Waals surface area (Å²) in [6, 6.07) is 71.1. The standard InChI is InChI=1S/C16H20.5C14H16.2C13H14/c1-9-7-8-10(2)16-14(6)12(4)11(3)13(5)15(9)16;1-9-5-13-7-11(3)12(4)8-14(13)6-10(9)2;1-9-5-12(4)14-8-11(3)10(2)7-13(14)6-9;1-9-7-11(3)13-6-5-10(2)12(4)14(13)8-9;1-9-5-6-11(3)14-12(4)8-7-10(2)13(9)14;1-9-10(2)12(4)14-8-6-5-7-13(14)11(9)3;1-9-4-5-13-11(3)6-10(2)8-12(13)7-9;1-9-7-8-11(3)13-10(2)5-4-6-12(9)13/h7-8H,1-6H3;5*5-8H,1-4H3;2*4-8H,1-3H3. The summed E-state index contributed by atoms with van der Waals surface area (Å²) in [5.41, 5.74) is 44.4. The van der Waals surface area contributed by atoms with Gasteiger partial charge in [0, 0.05) is 0 Å². The van der Waals surface area contributed by atoms with Crippen molar-refractivity contribution in [2.75, 3.05) is 0 Å². The summed E-state index contributed by atoms with van der Waals surface area (Å²) >= 11 is 0. The highest BCUT2D eigenvalue weighted by atomic mass is 14.2. The Hall–Kier alpha value is -10.4. The Balaban J connectivity index is 0.000000147. The zero-order valence-electron chi connectivity index (χ0n) is 74.5. The van der Waals surface area contributed by atoms with E-state index in [1.54, 1.807) is 0 Å². The number of hydrogen-bond donors (Lipinski definition) is 0. The molecule has 0 spiro atoms. The van der Waals surface area contributed by atoms with Gasteiger partial charge in [-0.05, 0) is 464 Å². The molecule has 112 heavy (non-hydrogen) atoms. The molecule has 0 fully saturated rings. The summed E-state index contributed by atoms with van der Waals surface area (Å²) in [5, 5.41) is 22.4. The van der Waals surface area contributed by atoms with Crippen LogP contribution in [-0.4, -0.2) is 0 Å². The smallest absolute Gasteiger partial charge is 0.0117 e. The van der Waals surface area contributed by atoms with Crippen LogP contribution in [0.25, 0.3) is 86.2 Å². The first-order valence-corrected chi connectivity index (χ1v) is 40.5. The molecule has 0 atom stereocenters. The predicted molar refractivity (Wildman–Crippen MR) is 503 cm³/mol. The number of fused-ring (bicyclic) bond motifs is 8. The van der Waals surface area contributed by atoms with E-state index in [9.17, 15) is 0 Å². The van der Waals surface area contributed by atoms with Crippen molar-refractivity contribution in [1.82, 2.24) is 0 Å². The fraction of sp³-hybridized carbons (Fsp3) is 0.286.